The molecular weight excluding hydrogens is 484 g/mol. The van der Waals surface area contributed by atoms with Crippen molar-refractivity contribution in [2.75, 3.05) is 13.2 Å². The number of rotatable bonds is 22. The molecule has 0 aromatic heterocycles. The summed E-state index contributed by atoms with van der Waals surface area (Å²) in [6.07, 6.45) is 16.5. The molecule has 7 heteroatoms. The number of carbonyl (C=O) groups excluding carboxylic acids is 3. The van der Waals surface area contributed by atoms with Gasteiger partial charge in [-0.15, -0.1) is 0 Å². The second-order valence-electron chi connectivity index (χ2n) is 9.52. The predicted octanol–water partition coefficient (Wildman–Crippen LogP) is 7.33. The van der Waals surface area contributed by atoms with E-state index in [1.165, 1.54) is 26.2 Å². The van der Waals surface area contributed by atoms with E-state index in [9.17, 15) is 14.4 Å². The summed E-state index contributed by atoms with van der Waals surface area (Å²) in [7, 11) is 0. The SMILES string of the molecule is CCCCCCC(C/C=C\CCCCCCCC(=O)OC(C)OCCOC(=O)c1ccccc1)OC(C)=O. The quantitative estimate of drug-likeness (QED) is 0.0508. The van der Waals surface area contributed by atoms with Crippen molar-refractivity contribution in [1.82, 2.24) is 0 Å². The average Bonchev–Trinajstić information content (AvgIpc) is 2.90. The number of unbranched alkanes of at least 4 members (excludes halogenated alkanes) is 8. The Labute approximate surface area is 229 Å². The van der Waals surface area contributed by atoms with Gasteiger partial charge in [0, 0.05) is 19.8 Å². The Morgan fingerprint density at radius 2 is 1.55 bits per heavy atom. The molecule has 214 valence electrons. The number of ether oxygens (including phenoxy) is 4. The Morgan fingerprint density at radius 3 is 2.29 bits per heavy atom. The van der Waals surface area contributed by atoms with E-state index in [-0.39, 0.29) is 31.3 Å². The lowest BCUT2D eigenvalue weighted by atomic mass is 10.1. The highest BCUT2D eigenvalue weighted by molar-refractivity contribution is 5.89. The summed E-state index contributed by atoms with van der Waals surface area (Å²) < 4.78 is 21.2. The van der Waals surface area contributed by atoms with Crippen LogP contribution in [-0.2, 0) is 28.5 Å². The standard InChI is InChI=1S/C31H48O7/c1-4-5-6-16-21-29(37-26(2)32)22-17-11-9-7-8-10-12-18-23-30(33)38-27(3)35-24-25-36-31(34)28-19-14-13-15-20-28/h11,13-15,17,19-20,27,29H,4-10,12,16,18,21-25H2,1-3H3/b17-11-. The third-order valence-electron chi connectivity index (χ3n) is 6.01. The summed E-state index contributed by atoms with van der Waals surface area (Å²) in [5, 5.41) is 0. The molecule has 0 amide bonds. The number of allylic oxidation sites excluding steroid dienone is 1. The normalized spacial score (nSPS) is 12.7. The maximum absolute atomic E-state index is 12.0. The van der Waals surface area contributed by atoms with E-state index in [4.69, 9.17) is 18.9 Å². The van der Waals surface area contributed by atoms with Crippen molar-refractivity contribution in [3.63, 3.8) is 0 Å². The minimum Gasteiger partial charge on any atom is -0.462 e. The van der Waals surface area contributed by atoms with Gasteiger partial charge in [0.1, 0.15) is 12.7 Å². The van der Waals surface area contributed by atoms with Gasteiger partial charge in [-0.3, -0.25) is 9.59 Å². The molecular formula is C31H48O7. The first-order valence-electron chi connectivity index (χ1n) is 14.3. The molecule has 0 N–H and O–H groups in total. The van der Waals surface area contributed by atoms with Gasteiger partial charge in [0.15, 0.2) is 6.29 Å². The lowest BCUT2D eigenvalue weighted by Gasteiger charge is -2.15. The molecule has 7 nitrogen and oxygen atoms in total. The molecule has 0 heterocycles. The maximum Gasteiger partial charge on any atom is 0.338 e. The van der Waals surface area contributed by atoms with Gasteiger partial charge in [-0.2, -0.15) is 0 Å². The molecule has 38 heavy (non-hydrogen) atoms. The molecule has 0 aliphatic rings. The summed E-state index contributed by atoms with van der Waals surface area (Å²) in [4.78, 5) is 35.1. The molecule has 0 radical (unpaired) electrons. The molecule has 0 aliphatic carbocycles. The average molecular weight is 533 g/mol. The summed E-state index contributed by atoms with van der Waals surface area (Å²) >= 11 is 0. The van der Waals surface area contributed by atoms with E-state index in [0.717, 1.165) is 57.8 Å². The predicted molar refractivity (Wildman–Crippen MR) is 149 cm³/mol. The monoisotopic (exact) mass is 532 g/mol. The van der Waals surface area contributed by atoms with Crippen LogP contribution in [0.3, 0.4) is 0 Å². The van der Waals surface area contributed by atoms with E-state index < -0.39 is 12.3 Å². The van der Waals surface area contributed by atoms with E-state index in [2.05, 4.69) is 19.1 Å². The number of carbonyl (C=O) groups is 3. The Bertz CT molecular complexity index is 791. The molecule has 0 saturated heterocycles. The van der Waals surface area contributed by atoms with Crippen LogP contribution in [0.25, 0.3) is 0 Å². The largest absolute Gasteiger partial charge is 0.462 e. The smallest absolute Gasteiger partial charge is 0.338 e. The van der Waals surface area contributed by atoms with Crippen LogP contribution in [0.4, 0.5) is 0 Å². The van der Waals surface area contributed by atoms with Gasteiger partial charge in [-0.25, -0.2) is 4.79 Å². The van der Waals surface area contributed by atoms with Crippen LogP contribution in [0.15, 0.2) is 42.5 Å². The van der Waals surface area contributed by atoms with Crippen LogP contribution in [0.1, 0.15) is 115 Å². The van der Waals surface area contributed by atoms with Crippen molar-refractivity contribution < 1.29 is 33.3 Å². The van der Waals surface area contributed by atoms with Crippen molar-refractivity contribution in [1.29, 1.82) is 0 Å². The van der Waals surface area contributed by atoms with Gasteiger partial charge in [0.25, 0.3) is 0 Å². The van der Waals surface area contributed by atoms with Crippen LogP contribution in [0, 0.1) is 0 Å². The Hall–Kier alpha value is -2.67. The fourth-order valence-corrected chi connectivity index (χ4v) is 3.97. The number of hydrogen-bond acceptors (Lipinski definition) is 7. The molecule has 0 saturated carbocycles. The summed E-state index contributed by atoms with van der Waals surface area (Å²) in [6.45, 7) is 5.58. The highest BCUT2D eigenvalue weighted by Crippen LogP contribution is 2.14. The zero-order valence-electron chi connectivity index (χ0n) is 23.7. The van der Waals surface area contributed by atoms with Crippen molar-refractivity contribution in [3.8, 4) is 0 Å². The van der Waals surface area contributed by atoms with E-state index in [0.29, 0.717) is 12.0 Å². The first-order chi connectivity index (χ1) is 18.4. The van der Waals surface area contributed by atoms with Crippen molar-refractivity contribution >= 4 is 17.9 Å². The minimum atomic E-state index is -0.679. The third kappa shape index (κ3) is 18.6. The van der Waals surface area contributed by atoms with Gasteiger partial charge in [0.2, 0.25) is 0 Å². The van der Waals surface area contributed by atoms with Crippen molar-refractivity contribution in [2.24, 2.45) is 0 Å². The second kappa shape index (κ2) is 22.3. The summed E-state index contributed by atoms with van der Waals surface area (Å²) in [5.41, 5.74) is 0.487. The van der Waals surface area contributed by atoms with Gasteiger partial charge < -0.3 is 18.9 Å². The van der Waals surface area contributed by atoms with Crippen LogP contribution in [-0.4, -0.2) is 43.5 Å². The lowest BCUT2D eigenvalue weighted by molar-refractivity contribution is -0.176. The molecule has 0 aliphatic heterocycles. The third-order valence-corrected chi connectivity index (χ3v) is 6.01. The van der Waals surface area contributed by atoms with E-state index in [1.54, 1.807) is 31.2 Å². The zero-order valence-corrected chi connectivity index (χ0v) is 23.7. The summed E-state index contributed by atoms with van der Waals surface area (Å²) in [6, 6.07) is 8.75. The fraction of sp³-hybridized carbons (Fsp3) is 0.645. The van der Waals surface area contributed by atoms with Gasteiger partial charge in [0.05, 0.1) is 12.2 Å². The van der Waals surface area contributed by atoms with Crippen molar-refractivity contribution in [2.45, 2.75) is 117 Å². The highest BCUT2D eigenvalue weighted by atomic mass is 16.7. The van der Waals surface area contributed by atoms with Crippen LogP contribution >= 0.6 is 0 Å². The first-order valence-corrected chi connectivity index (χ1v) is 14.3. The van der Waals surface area contributed by atoms with E-state index >= 15 is 0 Å². The van der Waals surface area contributed by atoms with Gasteiger partial charge >= 0.3 is 17.9 Å². The number of hydrogen-bond donors (Lipinski definition) is 0. The fourth-order valence-electron chi connectivity index (χ4n) is 3.97. The molecule has 1 aromatic carbocycles. The lowest BCUT2D eigenvalue weighted by Crippen LogP contribution is -2.21. The number of esters is 3. The molecule has 0 bridgehead atoms. The highest BCUT2D eigenvalue weighted by Gasteiger charge is 2.11. The van der Waals surface area contributed by atoms with Gasteiger partial charge in [-0.05, 0) is 51.2 Å². The Morgan fingerprint density at radius 1 is 0.842 bits per heavy atom. The Balaban J connectivity index is 2.00. The maximum atomic E-state index is 12.0. The van der Waals surface area contributed by atoms with Crippen LogP contribution in [0.5, 0.6) is 0 Å². The molecule has 0 spiro atoms. The number of benzene rings is 1. The molecule has 2 unspecified atom stereocenters. The van der Waals surface area contributed by atoms with Crippen LogP contribution < -0.4 is 0 Å². The zero-order chi connectivity index (χ0) is 27.8. The summed E-state index contributed by atoms with van der Waals surface area (Å²) in [5.74, 6) is -0.888. The first kappa shape index (κ1) is 33.4. The van der Waals surface area contributed by atoms with E-state index in [1.807, 2.05) is 6.07 Å². The Kier molecular flexibility index (Phi) is 19.6. The molecule has 0 fully saturated rings. The molecule has 2 atom stereocenters. The topological polar surface area (TPSA) is 88.1 Å². The van der Waals surface area contributed by atoms with Crippen molar-refractivity contribution in [3.05, 3.63) is 48.0 Å². The second-order valence-corrected chi connectivity index (χ2v) is 9.52. The molecule has 1 aromatic rings. The molecule has 1 rings (SSSR count). The van der Waals surface area contributed by atoms with Crippen LogP contribution in [0.2, 0.25) is 0 Å². The van der Waals surface area contributed by atoms with Gasteiger partial charge in [-0.1, -0.05) is 75.8 Å². The minimum absolute atomic E-state index is 0.00865.